The number of hydrogen-bond acceptors (Lipinski definition) is 2. The summed E-state index contributed by atoms with van der Waals surface area (Å²) in [7, 11) is 0. The van der Waals surface area contributed by atoms with Gasteiger partial charge in [0.25, 0.3) is 0 Å². The fraction of sp³-hybridized carbons (Fsp3) is 0.333. The van der Waals surface area contributed by atoms with Crippen LogP contribution in [0.2, 0.25) is 0 Å². The fourth-order valence-corrected chi connectivity index (χ4v) is 5.37. The van der Waals surface area contributed by atoms with Crippen molar-refractivity contribution in [3.63, 3.8) is 0 Å². The molecule has 2 heteroatoms. The Morgan fingerprint density at radius 1 is 0.812 bits per heavy atom. The van der Waals surface area contributed by atoms with Crippen molar-refractivity contribution < 1.29 is 5.11 Å². The predicted octanol–water partition coefficient (Wildman–Crippen LogP) is 7.30. The maximum absolute atomic E-state index is 11.5. The van der Waals surface area contributed by atoms with Gasteiger partial charge >= 0.3 is 0 Å². The minimum absolute atomic E-state index is 0.0100. The Hall–Kier alpha value is -2.84. The van der Waals surface area contributed by atoms with Crippen molar-refractivity contribution in [2.45, 2.75) is 58.6 Å². The highest BCUT2D eigenvalue weighted by Gasteiger charge is 2.27. The van der Waals surface area contributed by atoms with Crippen molar-refractivity contribution >= 4 is 27.2 Å². The van der Waals surface area contributed by atoms with Gasteiger partial charge in [-0.1, -0.05) is 68.4 Å². The normalized spacial score (nSPS) is 15.9. The summed E-state index contributed by atoms with van der Waals surface area (Å²) in [6.07, 6.45) is 1.71. The van der Waals surface area contributed by atoms with E-state index in [9.17, 15) is 5.11 Å². The minimum atomic E-state index is -0.547. The van der Waals surface area contributed by atoms with Gasteiger partial charge in [0.1, 0.15) is 0 Å². The molecule has 1 aliphatic rings. The van der Waals surface area contributed by atoms with Crippen LogP contribution in [0.3, 0.4) is 0 Å². The van der Waals surface area contributed by atoms with Crippen LogP contribution in [0.15, 0.2) is 66.7 Å². The lowest BCUT2D eigenvalue weighted by Crippen LogP contribution is -2.41. The van der Waals surface area contributed by atoms with E-state index >= 15 is 0 Å². The van der Waals surface area contributed by atoms with Crippen LogP contribution in [0.5, 0.6) is 0 Å². The van der Waals surface area contributed by atoms with Crippen LogP contribution in [0.25, 0.3) is 21.5 Å². The van der Waals surface area contributed by atoms with Crippen LogP contribution in [0.1, 0.15) is 61.5 Å². The Balaban J connectivity index is 1.57. The molecule has 0 saturated heterocycles. The molecule has 0 aliphatic carbocycles. The van der Waals surface area contributed by atoms with Gasteiger partial charge in [-0.2, -0.15) is 0 Å². The molecule has 1 N–H and O–H groups in total. The number of aryl methyl sites for hydroxylation is 2. The second-order valence-corrected chi connectivity index (χ2v) is 9.74. The number of rotatable bonds is 4. The number of fused-ring (bicyclic) bond motifs is 4. The van der Waals surface area contributed by atoms with Gasteiger partial charge in [-0.3, -0.25) is 0 Å². The van der Waals surface area contributed by atoms with E-state index in [0.717, 1.165) is 24.9 Å². The fourth-order valence-electron chi connectivity index (χ4n) is 5.37. The summed E-state index contributed by atoms with van der Waals surface area (Å²) in [4.78, 5) is 2.39. The molecule has 0 spiro atoms. The molecule has 5 rings (SSSR count). The molecule has 164 valence electrons. The molecule has 0 bridgehead atoms. The average Bonchev–Trinajstić information content (AvgIpc) is 2.82. The van der Waals surface area contributed by atoms with Crippen LogP contribution in [0, 0.1) is 6.92 Å². The standard InChI is InChI=1S/C30H33NO/c1-19(2)23-11-14-27-24(17-23)12-13-26-20(3)16-25(18-28(26)27)30(32)21(4)31-15-7-9-22-8-5-6-10-29(22)31/h5-6,8,10-14,16-19,21,30,32H,7,9,15H2,1-4H3. The second kappa shape index (κ2) is 8.26. The molecular formula is C30H33NO. The highest BCUT2D eigenvalue weighted by atomic mass is 16.3. The van der Waals surface area contributed by atoms with E-state index in [4.69, 9.17) is 0 Å². The molecule has 4 aromatic rings. The smallest absolute Gasteiger partial charge is 0.0990 e. The number of nitrogens with zero attached hydrogens (tertiary/aromatic N) is 1. The van der Waals surface area contributed by atoms with E-state index in [1.165, 1.54) is 43.9 Å². The highest BCUT2D eigenvalue weighted by Crippen LogP contribution is 2.36. The van der Waals surface area contributed by atoms with Crippen molar-refractivity contribution in [3.05, 3.63) is 89.0 Å². The molecular weight excluding hydrogens is 390 g/mol. The first-order valence-electron chi connectivity index (χ1n) is 11.9. The maximum atomic E-state index is 11.5. The molecule has 2 atom stereocenters. The monoisotopic (exact) mass is 423 g/mol. The molecule has 0 fully saturated rings. The third-order valence-corrected chi connectivity index (χ3v) is 7.31. The Morgan fingerprint density at radius 2 is 1.59 bits per heavy atom. The number of aliphatic hydroxyl groups is 1. The first-order valence-corrected chi connectivity index (χ1v) is 11.9. The summed E-state index contributed by atoms with van der Waals surface area (Å²) in [5.74, 6) is 0.512. The summed E-state index contributed by atoms with van der Waals surface area (Å²) in [5, 5.41) is 16.5. The van der Waals surface area contributed by atoms with E-state index in [1.54, 1.807) is 0 Å². The largest absolute Gasteiger partial charge is 0.386 e. The highest BCUT2D eigenvalue weighted by molar-refractivity contribution is 6.08. The van der Waals surface area contributed by atoms with Crippen molar-refractivity contribution in [1.82, 2.24) is 0 Å². The Labute approximate surface area is 191 Å². The Bertz CT molecular complexity index is 1290. The molecule has 0 aromatic heterocycles. The van der Waals surface area contributed by atoms with Crippen molar-refractivity contribution in [1.29, 1.82) is 0 Å². The van der Waals surface area contributed by atoms with E-state index in [-0.39, 0.29) is 6.04 Å². The maximum Gasteiger partial charge on any atom is 0.0990 e. The van der Waals surface area contributed by atoms with Crippen molar-refractivity contribution in [3.8, 4) is 0 Å². The van der Waals surface area contributed by atoms with Crippen molar-refractivity contribution in [2.24, 2.45) is 0 Å². The van der Waals surface area contributed by atoms with Crippen LogP contribution in [-0.2, 0) is 6.42 Å². The van der Waals surface area contributed by atoms with Gasteiger partial charge in [0.05, 0.1) is 12.1 Å². The number of aliphatic hydroxyl groups excluding tert-OH is 1. The average molecular weight is 424 g/mol. The Morgan fingerprint density at radius 3 is 2.41 bits per heavy atom. The van der Waals surface area contributed by atoms with Gasteiger partial charge in [-0.05, 0) is 88.5 Å². The summed E-state index contributed by atoms with van der Waals surface area (Å²) in [6.45, 7) is 9.78. The van der Waals surface area contributed by atoms with E-state index in [0.29, 0.717) is 5.92 Å². The summed E-state index contributed by atoms with van der Waals surface area (Å²) >= 11 is 0. The predicted molar refractivity (Wildman–Crippen MR) is 137 cm³/mol. The van der Waals surface area contributed by atoms with E-state index in [2.05, 4.69) is 99.3 Å². The molecule has 4 aromatic carbocycles. The molecule has 2 unspecified atom stereocenters. The van der Waals surface area contributed by atoms with Crippen molar-refractivity contribution in [2.75, 3.05) is 11.4 Å². The van der Waals surface area contributed by atoms with Crippen LogP contribution in [-0.4, -0.2) is 17.7 Å². The Kier molecular flexibility index (Phi) is 5.43. The third-order valence-electron chi connectivity index (χ3n) is 7.31. The first kappa shape index (κ1) is 21.0. The molecule has 0 amide bonds. The third kappa shape index (κ3) is 3.57. The quantitative estimate of drug-likeness (QED) is 0.348. The number of para-hydroxylation sites is 1. The molecule has 1 aliphatic heterocycles. The first-order chi connectivity index (χ1) is 15.4. The van der Waals surface area contributed by atoms with Gasteiger partial charge in [-0.15, -0.1) is 0 Å². The zero-order chi connectivity index (χ0) is 22.4. The minimum Gasteiger partial charge on any atom is -0.386 e. The lowest BCUT2D eigenvalue weighted by Gasteiger charge is -2.38. The summed E-state index contributed by atoms with van der Waals surface area (Å²) < 4.78 is 0. The number of benzene rings is 4. The van der Waals surface area contributed by atoms with Gasteiger partial charge < -0.3 is 10.0 Å². The van der Waals surface area contributed by atoms with Crippen LogP contribution < -0.4 is 4.90 Å². The van der Waals surface area contributed by atoms with Gasteiger partial charge in [0, 0.05) is 12.2 Å². The second-order valence-electron chi connectivity index (χ2n) is 9.74. The molecule has 0 radical (unpaired) electrons. The SMILES string of the molecule is Cc1cc(C(O)C(C)N2CCCc3ccccc32)cc2c1ccc1cc(C(C)C)ccc12. The molecule has 32 heavy (non-hydrogen) atoms. The van der Waals surface area contributed by atoms with Gasteiger partial charge in [-0.25, -0.2) is 0 Å². The summed E-state index contributed by atoms with van der Waals surface area (Å²) in [6, 6.07) is 24.3. The zero-order valence-electron chi connectivity index (χ0n) is 19.6. The number of anilines is 1. The topological polar surface area (TPSA) is 23.5 Å². The summed E-state index contributed by atoms with van der Waals surface area (Å²) in [5.41, 5.74) is 6.25. The lowest BCUT2D eigenvalue weighted by atomic mass is 9.90. The van der Waals surface area contributed by atoms with E-state index in [1.807, 2.05) is 0 Å². The zero-order valence-corrected chi connectivity index (χ0v) is 19.6. The van der Waals surface area contributed by atoms with Gasteiger partial charge in [0.2, 0.25) is 0 Å². The van der Waals surface area contributed by atoms with Crippen LogP contribution in [0.4, 0.5) is 5.69 Å². The lowest BCUT2D eigenvalue weighted by molar-refractivity contribution is 0.148. The molecule has 1 heterocycles. The van der Waals surface area contributed by atoms with Gasteiger partial charge in [0.15, 0.2) is 0 Å². The molecule has 2 nitrogen and oxygen atoms in total. The number of hydrogen-bond donors (Lipinski definition) is 1. The van der Waals surface area contributed by atoms with Crippen LogP contribution >= 0.6 is 0 Å². The molecule has 0 saturated carbocycles. The van der Waals surface area contributed by atoms with E-state index < -0.39 is 6.10 Å².